The summed E-state index contributed by atoms with van der Waals surface area (Å²) in [7, 11) is 3.41. The minimum atomic E-state index is -0.765. The molecule has 2 fully saturated rings. The van der Waals surface area contributed by atoms with Crippen molar-refractivity contribution in [1.82, 2.24) is 19.8 Å². The average Bonchev–Trinajstić information content (AvgIpc) is 2.83. The molecule has 0 N–H and O–H groups in total. The number of aromatic nitrogens is 2. The number of carbonyl (C=O) groups is 2. The van der Waals surface area contributed by atoms with E-state index < -0.39 is 5.41 Å². The molecule has 1 aromatic carbocycles. The maximum atomic E-state index is 14.1. The lowest BCUT2D eigenvalue weighted by atomic mass is 9.72. The largest absolute Gasteiger partial charge is 0.381 e. The Bertz CT molecular complexity index is 1070. The van der Waals surface area contributed by atoms with Gasteiger partial charge in [0.05, 0.1) is 5.41 Å². The number of carbonyl (C=O) groups excluding carboxylic acids is 2. The molecule has 2 aliphatic heterocycles. The molecule has 0 aliphatic carbocycles. The zero-order valence-electron chi connectivity index (χ0n) is 20.4. The van der Waals surface area contributed by atoms with Crippen LogP contribution in [0, 0.1) is 12.7 Å². The number of benzene rings is 1. The lowest BCUT2D eigenvalue weighted by molar-refractivity contribution is -0.143. The second kappa shape index (κ2) is 9.41. The molecule has 34 heavy (non-hydrogen) atoms. The van der Waals surface area contributed by atoms with Crippen LogP contribution in [0.4, 0.5) is 4.39 Å². The number of likely N-dealkylation sites (tertiary alicyclic amines) is 1. The molecular formula is C26H33FN4O3. The van der Waals surface area contributed by atoms with Crippen LogP contribution in [0.2, 0.25) is 0 Å². The van der Waals surface area contributed by atoms with E-state index in [1.54, 1.807) is 26.2 Å². The maximum absolute atomic E-state index is 14.1. The Balaban J connectivity index is 1.56. The van der Waals surface area contributed by atoms with Crippen molar-refractivity contribution in [2.75, 3.05) is 40.4 Å². The number of nitrogens with zero attached hydrogens (tertiary/aromatic N) is 4. The Morgan fingerprint density at radius 1 is 1.06 bits per heavy atom. The number of hydrogen-bond donors (Lipinski definition) is 0. The fourth-order valence-electron chi connectivity index (χ4n) is 5.04. The summed E-state index contributed by atoms with van der Waals surface area (Å²) >= 11 is 0. The first kappa shape index (κ1) is 24.3. The number of ether oxygens (including phenoxy) is 1. The Morgan fingerprint density at radius 2 is 1.74 bits per heavy atom. The van der Waals surface area contributed by atoms with E-state index in [1.165, 1.54) is 17.0 Å². The van der Waals surface area contributed by atoms with Gasteiger partial charge < -0.3 is 14.5 Å². The summed E-state index contributed by atoms with van der Waals surface area (Å²) in [5.74, 6) is 0.203. The lowest BCUT2D eigenvalue weighted by Crippen LogP contribution is -2.53. The highest BCUT2D eigenvalue weighted by Crippen LogP contribution is 2.40. The van der Waals surface area contributed by atoms with Crippen LogP contribution in [0.3, 0.4) is 0 Å². The molecule has 2 saturated heterocycles. The zero-order valence-corrected chi connectivity index (χ0v) is 20.4. The summed E-state index contributed by atoms with van der Waals surface area (Å²) in [4.78, 5) is 39.1. The molecule has 0 unspecified atom stereocenters. The average molecular weight is 469 g/mol. The first-order valence-corrected chi connectivity index (χ1v) is 11.9. The van der Waals surface area contributed by atoms with Gasteiger partial charge in [0.1, 0.15) is 17.3 Å². The van der Waals surface area contributed by atoms with Gasteiger partial charge in [-0.25, -0.2) is 14.4 Å². The van der Waals surface area contributed by atoms with Crippen LogP contribution >= 0.6 is 0 Å². The molecule has 0 bridgehead atoms. The molecule has 0 atom stereocenters. The summed E-state index contributed by atoms with van der Waals surface area (Å²) in [5.41, 5.74) is 0.759. The number of rotatable bonds is 4. The van der Waals surface area contributed by atoms with Crippen LogP contribution in [0.15, 0.2) is 30.3 Å². The topological polar surface area (TPSA) is 75.6 Å². The molecule has 2 amide bonds. The molecule has 4 rings (SSSR count). The normalized spacial score (nSPS) is 19.5. The van der Waals surface area contributed by atoms with E-state index in [-0.39, 0.29) is 23.0 Å². The van der Waals surface area contributed by atoms with Gasteiger partial charge in [0, 0.05) is 51.5 Å². The van der Waals surface area contributed by atoms with Crippen molar-refractivity contribution in [3.8, 4) is 0 Å². The van der Waals surface area contributed by atoms with Gasteiger partial charge in [0.15, 0.2) is 0 Å². The highest BCUT2D eigenvalue weighted by molar-refractivity contribution is 5.92. The van der Waals surface area contributed by atoms with E-state index in [0.717, 1.165) is 11.3 Å². The van der Waals surface area contributed by atoms with Crippen molar-refractivity contribution in [3.05, 3.63) is 58.9 Å². The Hall–Kier alpha value is -2.87. The number of piperidine rings is 1. The van der Waals surface area contributed by atoms with Crippen LogP contribution in [0.1, 0.15) is 60.2 Å². The van der Waals surface area contributed by atoms with Gasteiger partial charge in [-0.05, 0) is 56.4 Å². The fourth-order valence-corrected chi connectivity index (χ4v) is 5.04. The molecule has 1 aromatic heterocycles. The van der Waals surface area contributed by atoms with Crippen LogP contribution in [-0.4, -0.2) is 72.0 Å². The van der Waals surface area contributed by atoms with E-state index in [0.29, 0.717) is 63.5 Å². The zero-order chi connectivity index (χ0) is 24.5. The number of halogens is 1. The van der Waals surface area contributed by atoms with Gasteiger partial charge >= 0.3 is 0 Å². The van der Waals surface area contributed by atoms with Crippen molar-refractivity contribution < 1.29 is 18.7 Å². The van der Waals surface area contributed by atoms with Crippen LogP contribution in [0.25, 0.3) is 0 Å². The van der Waals surface area contributed by atoms with Crippen molar-refractivity contribution in [2.45, 2.75) is 50.4 Å². The summed E-state index contributed by atoms with van der Waals surface area (Å²) < 4.78 is 19.6. The third-order valence-corrected chi connectivity index (χ3v) is 7.31. The summed E-state index contributed by atoms with van der Waals surface area (Å²) in [5, 5.41) is 0. The van der Waals surface area contributed by atoms with E-state index in [4.69, 9.17) is 4.74 Å². The molecule has 0 radical (unpaired) electrons. The van der Waals surface area contributed by atoms with Gasteiger partial charge in [-0.15, -0.1) is 0 Å². The molecule has 2 aromatic rings. The Kier molecular flexibility index (Phi) is 6.71. The summed E-state index contributed by atoms with van der Waals surface area (Å²) in [6, 6.07) is 8.13. The first-order valence-electron chi connectivity index (χ1n) is 11.9. The maximum Gasteiger partial charge on any atom is 0.272 e. The Morgan fingerprint density at radius 3 is 2.35 bits per heavy atom. The second-order valence-electron chi connectivity index (χ2n) is 9.98. The quantitative estimate of drug-likeness (QED) is 0.689. The highest BCUT2D eigenvalue weighted by atomic mass is 19.1. The third kappa shape index (κ3) is 4.56. The van der Waals surface area contributed by atoms with E-state index in [9.17, 15) is 14.0 Å². The number of hydrogen-bond acceptors (Lipinski definition) is 5. The molecular weight excluding hydrogens is 435 g/mol. The molecule has 0 saturated carbocycles. The SMILES string of the molecule is Cc1cc(C(=O)N(C)C)nc(C2(C)CCN(C(=O)C3(c4cccc(F)c4)CCOCC3)CC2)n1. The molecule has 7 nitrogen and oxygen atoms in total. The van der Waals surface area contributed by atoms with Crippen LogP contribution < -0.4 is 0 Å². The van der Waals surface area contributed by atoms with E-state index in [1.807, 2.05) is 17.9 Å². The monoisotopic (exact) mass is 468 g/mol. The van der Waals surface area contributed by atoms with Gasteiger partial charge in [0.25, 0.3) is 5.91 Å². The predicted molar refractivity (Wildman–Crippen MR) is 126 cm³/mol. The van der Waals surface area contributed by atoms with Crippen molar-refractivity contribution >= 4 is 11.8 Å². The Labute approximate surface area is 200 Å². The van der Waals surface area contributed by atoms with Crippen LogP contribution in [-0.2, 0) is 20.4 Å². The second-order valence-corrected chi connectivity index (χ2v) is 9.98. The number of aryl methyl sites for hydroxylation is 1. The summed E-state index contributed by atoms with van der Waals surface area (Å²) in [6.07, 6.45) is 2.46. The van der Waals surface area contributed by atoms with Crippen molar-refractivity contribution in [2.24, 2.45) is 0 Å². The number of amides is 2. The minimum Gasteiger partial charge on any atom is -0.381 e. The molecule has 182 valence electrons. The van der Waals surface area contributed by atoms with Gasteiger partial charge in [0.2, 0.25) is 5.91 Å². The van der Waals surface area contributed by atoms with E-state index in [2.05, 4.69) is 16.9 Å². The predicted octanol–water partition coefficient (Wildman–Crippen LogP) is 3.25. The molecule has 8 heteroatoms. The lowest BCUT2D eigenvalue weighted by Gasteiger charge is -2.44. The smallest absolute Gasteiger partial charge is 0.272 e. The van der Waals surface area contributed by atoms with Gasteiger partial charge in [-0.3, -0.25) is 9.59 Å². The fraction of sp³-hybridized carbons (Fsp3) is 0.538. The third-order valence-electron chi connectivity index (χ3n) is 7.31. The summed E-state index contributed by atoms with van der Waals surface area (Å²) in [6.45, 7) is 6.04. The van der Waals surface area contributed by atoms with Gasteiger partial charge in [-0.2, -0.15) is 0 Å². The molecule has 2 aliphatic rings. The minimum absolute atomic E-state index is 0.0390. The van der Waals surface area contributed by atoms with Gasteiger partial charge in [-0.1, -0.05) is 19.1 Å². The van der Waals surface area contributed by atoms with E-state index >= 15 is 0 Å². The van der Waals surface area contributed by atoms with Crippen molar-refractivity contribution in [3.63, 3.8) is 0 Å². The standard InChI is InChI=1S/C26H33FN4O3/c1-18-16-21(22(32)30(3)4)29-23(28-18)25(2)8-12-31(13-9-25)24(33)26(10-14-34-15-11-26)19-6-5-7-20(27)17-19/h5-7,16-17H,8-15H2,1-4H3. The first-order chi connectivity index (χ1) is 16.1. The molecule has 3 heterocycles. The molecule has 0 spiro atoms. The highest BCUT2D eigenvalue weighted by Gasteiger charge is 2.46. The van der Waals surface area contributed by atoms with Crippen molar-refractivity contribution in [1.29, 1.82) is 0 Å². The van der Waals surface area contributed by atoms with Crippen LogP contribution in [0.5, 0.6) is 0 Å².